The fourth-order valence-corrected chi connectivity index (χ4v) is 2.12. The van der Waals surface area contributed by atoms with Gasteiger partial charge in [-0.25, -0.2) is 0 Å². The molecular weight excluding hydrogens is 287 g/mol. The SMILES string of the molecule is FC(F)(F)c1ccc(Cl)cc1CNCc1ccccc1. The summed E-state index contributed by atoms with van der Waals surface area (Å²) in [4.78, 5) is 0. The molecule has 1 nitrogen and oxygen atoms in total. The van der Waals surface area contributed by atoms with E-state index in [0.717, 1.165) is 11.6 Å². The van der Waals surface area contributed by atoms with Gasteiger partial charge in [-0.05, 0) is 29.3 Å². The molecule has 2 rings (SSSR count). The Hall–Kier alpha value is -1.52. The first-order chi connectivity index (χ1) is 9.47. The zero-order valence-electron chi connectivity index (χ0n) is 10.5. The molecule has 0 aliphatic rings. The smallest absolute Gasteiger partial charge is 0.309 e. The lowest BCUT2D eigenvalue weighted by Crippen LogP contribution is -2.17. The van der Waals surface area contributed by atoms with Crippen LogP contribution in [0.1, 0.15) is 16.7 Å². The third kappa shape index (κ3) is 3.99. The second kappa shape index (κ2) is 6.29. The molecule has 1 N–H and O–H groups in total. The van der Waals surface area contributed by atoms with E-state index in [1.54, 1.807) is 0 Å². The molecule has 0 fully saturated rings. The van der Waals surface area contributed by atoms with E-state index >= 15 is 0 Å². The summed E-state index contributed by atoms with van der Waals surface area (Å²) in [6, 6.07) is 13.1. The predicted molar refractivity (Wildman–Crippen MR) is 73.4 cm³/mol. The standard InChI is InChI=1S/C15H13ClF3N/c16-13-6-7-14(15(17,18)19)12(8-13)10-20-9-11-4-2-1-3-5-11/h1-8,20H,9-10H2. The van der Waals surface area contributed by atoms with E-state index in [2.05, 4.69) is 5.32 Å². The van der Waals surface area contributed by atoms with Crippen molar-refractivity contribution in [2.45, 2.75) is 19.3 Å². The van der Waals surface area contributed by atoms with Crippen LogP contribution in [-0.2, 0) is 19.3 Å². The van der Waals surface area contributed by atoms with E-state index in [1.807, 2.05) is 30.3 Å². The fraction of sp³-hybridized carbons (Fsp3) is 0.200. The van der Waals surface area contributed by atoms with Crippen molar-refractivity contribution in [3.63, 3.8) is 0 Å². The van der Waals surface area contributed by atoms with Gasteiger partial charge in [0.2, 0.25) is 0 Å². The zero-order chi connectivity index (χ0) is 14.6. The van der Waals surface area contributed by atoms with Crippen molar-refractivity contribution >= 4 is 11.6 Å². The maximum absolute atomic E-state index is 12.9. The maximum atomic E-state index is 12.9. The molecule has 0 aliphatic heterocycles. The number of benzene rings is 2. The Morgan fingerprint density at radius 3 is 2.30 bits per heavy atom. The largest absolute Gasteiger partial charge is 0.416 e. The molecular formula is C15H13ClF3N. The molecule has 106 valence electrons. The van der Waals surface area contributed by atoms with Crippen LogP contribution < -0.4 is 5.32 Å². The van der Waals surface area contributed by atoms with E-state index < -0.39 is 11.7 Å². The van der Waals surface area contributed by atoms with Gasteiger partial charge in [-0.2, -0.15) is 13.2 Å². The molecule has 2 aromatic carbocycles. The Kier molecular flexibility index (Phi) is 4.68. The van der Waals surface area contributed by atoms with Gasteiger partial charge >= 0.3 is 6.18 Å². The van der Waals surface area contributed by atoms with Gasteiger partial charge in [0.15, 0.2) is 0 Å². The summed E-state index contributed by atoms with van der Waals surface area (Å²) in [5.41, 5.74) is 0.520. The highest BCUT2D eigenvalue weighted by atomic mass is 35.5. The number of hydrogen-bond donors (Lipinski definition) is 1. The molecule has 0 heterocycles. The average molecular weight is 300 g/mol. The molecule has 0 saturated heterocycles. The molecule has 0 aliphatic carbocycles. The molecule has 0 bridgehead atoms. The Morgan fingerprint density at radius 2 is 1.65 bits per heavy atom. The zero-order valence-corrected chi connectivity index (χ0v) is 11.3. The van der Waals surface area contributed by atoms with Crippen LogP contribution in [0.3, 0.4) is 0 Å². The van der Waals surface area contributed by atoms with Gasteiger partial charge < -0.3 is 5.32 Å². The van der Waals surface area contributed by atoms with E-state index in [-0.39, 0.29) is 12.1 Å². The molecule has 0 radical (unpaired) electrons. The van der Waals surface area contributed by atoms with Crippen molar-refractivity contribution in [3.05, 3.63) is 70.2 Å². The number of halogens is 4. The summed E-state index contributed by atoms with van der Waals surface area (Å²) in [6.45, 7) is 0.620. The van der Waals surface area contributed by atoms with Gasteiger partial charge in [-0.15, -0.1) is 0 Å². The number of rotatable bonds is 4. The van der Waals surface area contributed by atoms with Crippen LogP contribution in [0.25, 0.3) is 0 Å². The minimum Gasteiger partial charge on any atom is -0.309 e. The highest BCUT2D eigenvalue weighted by molar-refractivity contribution is 6.30. The molecule has 0 unspecified atom stereocenters. The average Bonchev–Trinajstić information content (AvgIpc) is 2.38. The monoisotopic (exact) mass is 299 g/mol. The van der Waals surface area contributed by atoms with Gasteiger partial charge in [0, 0.05) is 18.1 Å². The van der Waals surface area contributed by atoms with E-state index in [9.17, 15) is 13.2 Å². The van der Waals surface area contributed by atoms with Gasteiger partial charge in [0.05, 0.1) is 5.56 Å². The summed E-state index contributed by atoms with van der Waals surface area (Å²) >= 11 is 5.77. The van der Waals surface area contributed by atoms with Crippen molar-refractivity contribution in [3.8, 4) is 0 Å². The van der Waals surface area contributed by atoms with Crippen LogP contribution >= 0.6 is 11.6 Å². The van der Waals surface area contributed by atoms with Gasteiger partial charge in [0.1, 0.15) is 0 Å². The third-order valence-electron chi connectivity index (χ3n) is 2.86. The van der Waals surface area contributed by atoms with Crippen molar-refractivity contribution in [2.75, 3.05) is 0 Å². The van der Waals surface area contributed by atoms with E-state index in [4.69, 9.17) is 11.6 Å². The fourth-order valence-electron chi connectivity index (χ4n) is 1.92. The topological polar surface area (TPSA) is 12.0 Å². The molecule has 0 spiro atoms. The molecule has 2 aromatic rings. The first-order valence-electron chi connectivity index (χ1n) is 6.07. The highest BCUT2D eigenvalue weighted by Crippen LogP contribution is 2.33. The van der Waals surface area contributed by atoms with Gasteiger partial charge in [-0.1, -0.05) is 41.9 Å². The summed E-state index contributed by atoms with van der Waals surface area (Å²) in [6.07, 6.45) is -4.37. The normalized spacial score (nSPS) is 11.6. The predicted octanol–water partition coefficient (Wildman–Crippen LogP) is 4.65. The van der Waals surface area contributed by atoms with Crippen molar-refractivity contribution in [2.24, 2.45) is 0 Å². The number of alkyl halides is 3. The van der Waals surface area contributed by atoms with Crippen molar-refractivity contribution < 1.29 is 13.2 Å². The summed E-state index contributed by atoms with van der Waals surface area (Å²) in [5.74, 6) is 0. The molecule has 0 amide bonds. The van der Waals surface area contributed by atoms with Crippen molar-refractivity contribution in [1.29, 1.82) is 0 Å². The Morgan fingerprint density at radius 1 is 0.950 bits per heavy atom. The first kappa shape index (κ1) is 14.9. The summed E-state index contributed by atoms with van der Waals surface area (Å²) < 4.78 is 38.6. The van der Waals surface area contributed by atoms with Crippen LogP contribution in [0.15, 0.2) is 48.5 Å². The summed E-state index contributed by atoms with van der Waals surface area (Å²) in [7, 11) is 0. The molecule has 5 heteroatoms. The minimum atomic E-state index is -4.37. The number of hydrogen-bond acceptors (Lipinski definition) is 1. The Labute approximate surface area is 120 Å². The van der Waals surface area contributed by atoms with Crippen LogP contribution in [-0.4, -0.2) is 0 Å². The van der Waals surface area contributed by atoms with E-state index in [1.165, 1.54) is 12.1 Å². The molecule has 0 saturated carbocycles. The lowest BCUT2D eigenvalue weighted by Gasteiger charge is -2.14. The highest BCUT2D eigenvalue weighted by Gasteiger charge is 2.32. The Balaban J connectivity index is 2.07. The van der Waals surface area contributed by atoms with Crippen LogP contribution in [0.5, 0.6) is 0 Å². The first-order valence-corrected chi connectivity index (χ1v) is 6.45. The summed E-state index contributed by atoms with van der Waals surface area (Å²) in [5, 5.41) is 3.30. The Bertz CT molecular complexity index is 567. The van der Waals surface area contributed by atoms with Crippen LogP contribution in [0.4, 0.5) is 13.2 Å². The van der Waals surface area contributed by atoms with Gasteiger partial charge in [-0.3, -0.25) is 0 Å². The molecule has 0 aromatic heterocycles. The van der Waals surface area contributed by atoms with Gasteiger partial charge in [0.25, 0.3) is 0 Å². The van der Waals surface area contributed by atoms with Crippen LogP contribution in [0.2, 0.25) is 5.02 Å². The minimum absolute atomic E-state index is 0.115. The van der Waals surface area contributed by atoms with E-state index in [0.29, 0.717) is 11.6 Å². The van der Waals surface area contributed by atoms with Crippen LogP contribution in [0, 0.1) is 0 Å². The lowest BCUT2D eigenvalue weighted by molar-refractivity contribution is -0.138. The molecule has 20 heavy (non-hydrogen) atoms. The van der Waals surface area contributed by atoms with Crippen molar-refractivity contribution in [1.82, 2.24) is 5.32 Å². The maximum Gasteiger partial charge on any atom is 0.416 e. The number of nitrogens with one attached hydrogen (secondary N) is 1. The second-order valence-electron chi connectivity index (χ2n) is 4.39. The lowest BCUT2D eigenvalue weighted by atomic mass is 10.1. The third-order valence-corrected chi connectivity index (χ3v) is 3.10. The second-order valence-corrected chi connectivity index (χ2v) is 4.82. The quantitative estimate of drug-likeness (QED) is 0.866. The molecule has 0 atom stereocenters.